The number of rotatable bonds is 6. The number of nitriles is 1. The molecule has 1 heterocycles. The number of hydrogen-bond donors (Lipinski definition) is 1. The van der Waals surface area contributed by atoms with Crippen molar-refractivity contribution in [2.24, 2.45) is 0 Å². The Labute approximate surface area is 195 Å². The molecule has 0 saturated carbocycles. The quantitative estimate of drug-likeness (QED) is 0.394. The fourth-order valence-corrected chi connectivity index (χ4v) is 4.09. The highest BCUT2D eigenvalue weighted by atomic mass is 32.2. The van der Waals surface area contributed by atoms with Crippen molar-refractivity contribution in [1.82, 2.24) is 14.8 Å². The molecule has 0 radical (unpaired) electrons. The number of benzene rings is 3. The second-order valence-electron chi connectivity index (χ2n) is 7.36. The van der Waals surface area contributed by atoms with E-state index in [9.17, 15) is 14.4 Å². The highest BCUT2D eigenvalue weighted by Crippen LogP contribution is 2.31. The summed E-state index contributed by atoms with van der Waals surface area (Å²) in [6, 6.07) is 23.0. The van der Waals surface area contributed by atoms with Crippen molar-refractivity contribution in [2.75, 3.05) is 5.32 Å². The fourth-order valence-electron chi connectivity index (χ4n) is 3.23. The van der Waals surface area contributed by atoms with Gasteiger partial charge in [-0.2, -0.15) is 5.26 Å². The molecular formula is C25H20FN5OS. The summed E-state index contributed by atoms with van der Waals surface area (Å²) in [5.74, 6) is -0.343. The number of carbonyl (C=O) groups is 1. The number of aryl methyl sites for hydroxylation is 1. The molecule has 0 aliphatic heterocycles. The van der Waals surface area contributed by atoms with Crippen LogP contribution in [-0.4, -0.2) is 25.9 Å². The zero-order valence-electron chi connectivity index (χ0n) is 18.0. The summed E-state index contributed by atoms with van der Waals surface area (Å²) in [7, 11) is 0. The van der Waals surface area contributed by atoms with Gasteiger partial charge in [-0.1, -0.05) is 53.7 Å². The second kappa shape index (κ2) is 9.67. The van der Waals surface area contributed by atoms with E-state index in [-0.39, 0.29) is 5.91 Å². The number of halogens is 1. The van der Waals surface area contributed by atoms with Crippen molar-refractivity contribution < 1.29 is 9.18 Å². The number of nitrogens with zero attached hydrogens (tertiary/aromatic N) is 4. The number of thioether (sulfide) groups is 1. The molecule has 3 aromatic carbocycles. The maximum atomic E-state index is 14.6. The van der Waals surface area contributed by atoms with E-state index >= 15 is 0 Å². The van der Waals surface area contributed by atoms with Crippen LogP contribution in [0.3, 0.4) is 0 Å². The van der Waals surface area contributed by atoms with Crippen LogP contribution >= 0.6 is 11.8 Å². The smallest absolute Gasteiger partial charge is 0.237 e. The van der Waals surface area contributed by atoms with Crippen LogP contribution in [0.4, 0.5) is 10.1 Å². The van der Waals surface area contributed by atoms with Gasteiger partial charge in [0.05, 0.1) is 22.1 Å². The van der Waals surface area contributed by atoms with E-state index < -0.39 is 11.1 Å². The SMILES string of the molecule is Cc1ccc(-n2c(SC(C)C(=O)Nc3ccccc3C#N)nnc2-c2ccccc2F)cc1. The standard InChI is InChI=1S/C25H20FN5OS/c1-16-11-13-19(14-12-16)31-23(20-8-4-5-9-21(20)26)29-30-25(31)33-17(2)24(32)28-22-10-6-3-7-18(22)15-27/h3-14,17H,1-2H3,(H,28,32). The number of carbonyl (C=O) groups excluding carboxylic acids is 1. The number of anilines is 1. The van der Waals surface area contributed by atoms with Gasteiger partial charge in [0.2, 0.25) is 5.91 Å². The Hall–Kier alpha value is -3.96. The largest absolute Gasteiger partial charge is 0.324 e. The summed E-state index contributed by atoms with van der Waals surface area (Å²) in [6.07, 6.45) is 0. The van der Waals surface area contributed by atoms with E-state index in [4.69, 9.17) is 0 Å². The van der Waals surface area contributed by atoms with Crippen LogP contribution in [0, 0.1) is 24.1 Å². The van der Waals surface area contributed by atoms with Crippen molar-refractivity contribution in [2.45, 2.75) is 24.3 Å². The lowest BCUT2D eigenvalue weighted by Crippen LogP contribution is -2.23. The average Bonchev–Trinajstić information content (AvgIpc) is 3.23. The van der Waals surface area contributed by atoms with Crippen LogP contribution in [0.2, 0.25) is 0 Å². The van der Waals surface area contributed by atoms with Gasteiger partial charge in [-0.3, -0.25) is 9.36 Å². The molecule has 6 nitrogen and oxygen atoms in total. The van der Waals surface area contributed by atoms with Crippen LogP contribution in [-0.2, 0) is 4.79 Å². The van der Waals surface area contributed by atoms with Crippen LogP contribution in [0.1, 0.15) is 18.1 Å². The van der Waals surface area contributed by atoms with Crippen molar-refractivity contribution in [3.8, 4) is 23.1 Å². The Morgan fingerprint density at radius 1 is 1.06 bits per heavy atom. The summed E-state index contributed by atoms with van der Waals surface area (Å²) in [4.78, 5) is 12.8. The zero-order valence-corrected chi connectivity index (χ0v) is 18.8. The Balaban J connectivity index is 1.67. The molecule has 1 atom stereocenters. The molecule has 0 aliphatic carbocycles. The number of nitrogens with one attached hydrogen (secondary N) is 1. The van der Waals surface area contributed by atoms with Gasteiger partial charge in [0.15, 0.2) is 11.0 Å². The van der Waals surface area contributed by atoms with E-state index in [2.05, 4.69) is 21.6 Å². The average molecular weight is 458 g/mol. The third kappa shape index (κ3) is 4.78. The van der Waals surface area contributed by atoms with Crippen LogP contribution in [0.15, 0.2) is 78.0 Å². The maximum Gasteiger partial charge on any atom is 0.237 e. The molecule has 1 unspecified atom stereocenters. The second-order valence-corrected chi connectivity index (χ2v) is 8.67. The summed E-state index contributed by atoms with van der Waals surface area (Å²) >= 11 is 1.20. The Kier molecular flexibility index (Phi) is 6.52. The fraction of sp³-hybridized carbons (Fsp3) is 0.120. The molecule has 8 heteroatoms. The highest BCUT2D eigenvalue weighted by Gasteiger charge is 2.23. The predicted octanol–water partition coefficient (Wildman–Crippen LogP) is 5.37. The number of amides is 1. The first-order valence-electron chi connectivity index (χ1n) is 10.2. The minimum Gasteiger partial charge on any atom is -0.324 e. The summed E-state index contributed by atoms with van der Waals surface area (Å²) < 4.78 is 16.3. The summed E-state index contributed by atoms with van der Waals surface area (Å²) in [6.45, 7) is 3.72. The van der Waals surface area contributed by atoms with E-state index in [1.54, 1.807) is 54.0 Å². The molecule has 33 heavy (non-hydrogen) atoms. The lowest BCUT2D eigenvalue weighted by Gasteiger charge is -2.15. The highest BCUT2D eigenvalue weighted by molar-refractivity contribution is 8.00. The van der Waals surface area contributed by atoms with E-state index in [0.29, 0.717) is 27.8 Å². The van der Waals surface area contributed by atoms with Gasteiger partial charge < -0.3 is 5.32 Å². The van der Waals surface area contributed by atoms with Crippen molar-refractivity contribution in [1.29, 1.82) is 5.26 Å². The van der Waals surface area contributed by atoms with Gasteiger partial charge in [0.1, 0.15) is 11.9 Å². The third-order valence-corrected chi connectivity index (χ3v) is 6.04. The van der Waals surface area contributed by atoms with Gasteiger partial charge >= 0.3 is 0 Å². The Bertz CT molecular complexity index is 1340. The van der Waals surface area contributed by atoms with Gasteiger partial charge in [0, 0.05) is 5.69 Å². The third-order valence-electron chi connectivity index (χ3n) is 5.00. The van der Waals surface area contributed by atoms with Gasteiger partial charge in [0.25, 0.3) is 0 Å². The molecule has 1 aromatic heterocycles. The number of para-hydroxylation sites is 1. The predicted molar refractivity (Wildman–Crippen MR) is 127 cm³/mol. The minimum atomic E-state index is -0.557. The van der Waals surface area contributed by atoms with Crippen molar-refractivity contribution in [3.05, 3.63) is 89.7 Å². The van der Waals surface area contributed by atoms with Crippen LogP contribution in [0.25, 0.3) is 17.1 Å². The molecule has 164 valence electrons. The molecule has 4 aromatic rings. The van der Waals surface area contributed by atoms with Crippen LogP contribution < -0.4 is 5.32 Å². The van der Waals surface area contributed by atoms with E-state index in [0.717, 1.165) is 11.3 Å². The molecule has 0 spiro atoms. The number of aromatic nitrogens is 3. The molecule has 4 rings (SSSR count). The van der Waals surface area contributed by atoms with Gasteiger partial charge in [-0.15, -0.1) is 10.2 Å². The van der Waals surface area contributed by atoms with Gasteiger partial charge in [-0.05, 0) is 50.2 Å². The molecule has 1 amide bonds. The maximum absolute atomic E-state index is 14.6. The molecule has 0 saturated heterocycles. The summed E-state index contributed by atoms with van der Waals surface area (Å²) in [5, 5.41) is 20.5. The first kappa shape index (κ1) is 22.2. The first-order valence-corrected chi connectivity index (χ1v) is 11.1. The first-order chi connectivity index (χ1) is 16.0. The lowest BCUT2D eigenvalue weighted by atomic mass is 10.2. The Morgan fingerprint density at radius 3 is 2.48 bits per heavy atom. The molecule has 1 N–H and O–H groups in total. The monoisotopic (exact) mass is 457 g/mol. The van der Waals surface area contributed by atoms with Crippen molar-refractivity contribution in [3.63, 3.8) is 0 Å². The lowest BCUT2D eigenvalue weighted by molar-refractivity contribution is -0.115. The van der Waals surface area contributed by atoms with Gasteiger partial charge in [-0.25, -0.2) is 4.39 Å². The van der Waals surface area contributed by atoms with E-state index in [1.807, 2.05) is 31.2 Å². The van der Waals surface area contributed by atoms with Crippen LogP contribution in [0.5, 0.6) is 0 Å². The zero-order chi connectivity index (χ0) is 23.4. The molecule has 0 bridgehead atoms. The minimum absolute atomic E-state index is 0.284. The molecule has 0 aliphatic rings. The topological polar surface area (TPSA) is 83.6 Å². The summed E-state index contributed by atoms with van der Waals surface area (Å²) in [5.41, 5.74) is 2.99. The van der Waals surface area contributed by atoms with E-state index in [1.165, 1.54) is 17.8 Å². The number of hydrogen-bond acceptors (Lipinski definition) is 5. The molecule has 0 fully saturated rings. The normalized spacial score (nSPS) is 11.6. The molecular weight excluding hydrogens is 437 g/mol. The van der Waals surface area contributed by atoms with Crippen molar-refractivity contribution >= 4 is 23.4 Å². The Morgan fingerprint density at radius 2 is 1.76 bits per heavy atom.